The molecule has 1 fully saturated rings. The summed E-state index contributed by atoms with van der Waals surface area (Å²) in [5.41, 5.74) is 4.98. The zero-order chi connectivity index (χ0) is 13.2. The molecule has 1 saturated heterocycles. The van der Waals surface area contributed by atoms with Crippen LogP contribution >= 0.6 is 12.2 Å². The minimum atomic E-state index is -0.479. The van der Waals surface area contributed by atoms with Crippen molar-refractivity contribution in [2.45, 2.75) is 46.1 Å². The molecule has 0 aromatic rings. The first kappa shape index (κ1) is 14.1. The molecule has 5 heteroatoms. The molecule has 4 nitrogen and oxygen atoms in total. The second-order valence-corrected chi connectivity index (χ2v) is 5.53. The van der Waals surface area contributed by atoms with E-state index in [1.54, 1.807) is 0 Å². The monoisotopic (exact) mass is 256 g/mol. The first-order valence-corrected chi connectivity index (χ1v) is 6.36. The third-order valence-corrected chi connectivity index (χ3v) is 4.26. The number of hydrogen-bond donors (Lipinski definition) is 1. The highest BCUT2D eigenvalue weighted by atomic mass is 32.1. The fourth-order valence-corrected chi connectivity index (χ4v) is 2.15. The van der Waals surface area contributed by atoms with E-state index in [2.05, 4.69) is 0 Å². The molecule has 0 aromatic heterocycles. The molecule has 2 amide bonds. The predicted octanol–water partition coefficient (Wildman–Crippen LogP) is 1.27. The second kappa shape index (κ2) is 5.12. The standard InChI is InChI=1S/C12H20N2O2S/c1-4-12(2,3)9(17)11(16)14-7-5-6-8(14)10(13)15/h8H,4-7H2,1-3H3,(H2,13,15)/t8-/m0/s1. The Bertz CT molecular complexity index is 352. The Kier molecular flexibility index (Phi) is 4.25. The van der Waals surface area contributed by atoms with E-state index >= 15 is 0 Å². The second-order valence-electron chi connectivity index (χ2n) is 5.13. The van der Waals surface area contributed by atoms with Crippen molar-refractivity contribution in [2.75, 3.05) is 6.54 Å². The van der Waals surface area contributed by atoms with E-state index in [-0.39, 0.29) is 11.3 Å². The summed E-state index contributed by atoms with van der Waals surface area (Å²) in [6.45, 7) is 6.46. The summed E-state index contributed by atoms with van der Waals surface area (Å²) >= 11 is 5.24. The van der Waals surface area contributed by atoms with E-state index in [1.807, 2.05) is 20.8 Å². The molecule has 1 atom stereocenters. The number of hydrogen-bond acceptors (Lipinski definition) is 3. The summed E-state index contributed by atoms with van der Waals surface area (Å²) in [7, 11) is 0. The summed E-state index contributed by atoms with van der Waals surface area (Å²) in [6.07, 6.45) is 2.26. The van der Waals surface area contributed by atoms with Gasteiger partial charge in [-0.2, -0.15) is 0 Å². The first-order valence-electron chi connectivity index (χ1n) is 5.96. The molecule has 0 aromatic carbocycles. The summed E-state index contributed by atoms with van der Waals surface area (Å²) in [5, 5.41) is 0. The van der Waals surface area contributed by atoms with Crippen molar-refractivity contribution < 1.29 is 9.59 Å². The van der Waals surface area contributed by atoms with Gasteiger partial charge in [0.25, 0.3) is 5.91 Å². The van der Waals surface area contributed by atoms with Gasteiger partial charge in [-0.05, 0) is 19.3 Å². The largest absolute Gasteiger partial charge is 0.368 e. The van der Waals surface area contributed by atoms with Crippen molar-refractivity contribution in [3.63, 3.8) is 0 Å². The van der Waals surface area contributed by atoms with Crippen molar-refractivity contribution in [3.8, 4) is 0 Å². The molecule has 17 heavy (non-hydrogen) atoms. The molecule has 2 N–H and O–H groups in total. The maximum Gasteiger partial charge on any atom is 0.261 e. The van der Waals surface area contributed by atoms with E-state index in [9.17, 15) is 9.59 Å². The Labute approximate surface area is 108 Å². The van der Waals surface area contributed by atoms with Gasteiger partial charge in [0.2, 0.25) is 5.91 Å². The van der Waals surface area contributed by atoms with Crippen LogP contribution in [0.3, 0.4) is 0 Å². The third-order valence-electron chi connectivity index (χ3n) is 3.53. The normalized spacial score (nSPS) is 20.4. The number of primary amides is 1. The molecular formula is C12H20N2O2S. The highest BCUT2D eigenvalue weighted by molar-refractivity contribution is 7.82. The molecule has 0 aliphatic carbocycles. The average molecular weight is 256 g/mol. The molecule has 0 spiro atoms. The third kappa shape index (κ3) is 2.83. The highest BCUT2D eigenvalue weighted by Gasteiger charge is 2.37. The number of nitrogens with two attached hydrogens (primary N) is 1. The van der Waals surface area contributed by atoms with Gasteiger partial charge in [0.15, 0.2) is 0 Å². The first-order chi connectivity index (χ1) is 7.81. The van der Waals surface area contributed by atoms with Gasteiger partial charge in [0, 0.05) is 12.0 Å². The molecule has 0 radical (unpaired) electrons. The van der Waals surface area contributed by atoms with Crippen LogP contribution in [-0.4, -0.2) is 34.2 Å². The number of likely N-dealkylation sites (tertiary alicyclic amines) is 1. The summed E-state index contributed by atoms with van der Waals surface area (Å²) in [6, 6.07) is -0.479. The van der Waals surface area contributed by atoms with Crippen LogP contribution < -0.4 is 5.73 Å². The molecule has 0 unspecified atom stereocenters. The van der Waals surface area contributed by atoms with Gasteiger partial charge in [-0.3, -0.25) is 9.59 Å². The Balaban J connectivity index is 2.83. The van der Waals surface area contributed by atoms with Gasteiger partial charge >= 0.3 is 0 Å². The smallest absolute Gasteiger partial charge is 0.261 e. The number of carbonyl (C=O) groups excluding carboxylic acids is 2. The molecule has 0 bridgehead atoms. The predicted molar refractivity (Wildman–Crippen MR) is 70.6 cm³/mol. The van der Waals surface area contributed by atoms with Gasteiger partial charge in [-0.15, -0.1) is 0 Å². The molecule has 0 saturated carbocycles. The number of amides is 2. The lowest BCUT2D eigenvalue weighted by molar-refractivity contribution is -0.132. The number of nitrogens with zero attached hydrogens (tertiary/aromatic N) is 1. The molecule has 1 heterocycles. The van der Waals surface area contributed by atoms with Crippen LogP contribution in [0.4, 0.5) is 0 Å². The zero-order valence-corrected chi connectivity index (χ0v) is 11.5. The van der Waals surface area contributed by atoms with E-state index in [0.29, 0.717) is 17.8 Å². The van der Waals surface area contributed by atoms with E-state index in [4.69, 9.17) is 18.0 Å². The fourth-order valence-electron chi connectivity index (χ4n) is 1.89. The minimum Gasteiger partial charge on any atom is -0.368 e. The van der Waals surface area contributed by atoms with E-state index in [1.165, 1.54) is 4.90 Å². The number of thiocarbonyl (C=S) groups is 1. The lowest BCUT2D eigenvalue weighted by Gasteiger charge is -2.29. The lowest BCUT2D eigenvalue weighted by Crippen LogP contribution is -2.48. The average Bonchev–Trinajstić information content (AvgIpc) is 2.75. The number of rotatable bonds is 4. The van der Waals surface area contributed by atoms with Crippen LogP contribution in [0.2, 0.25) is 0 Å². The Morgan fingerprint density at radius 1 is 1.47 bits per heavy atom. The molecule has 1 rings (SSSR count). The molecule has 1 aliphatic heterocycles. The summed E-state index contributed by atoms with van der Waals surface area (Å²) in [4.78, 5) is 25.4. The SMILES string of the molecule is CCC(C)(C)C(=S)C(=O)N1CCC[C@H]1C(N)=O. The van der Waals surface area contributed by atoms with Crippen molar-refractivity contribution in [2.24, 2.45) is 11.1 Å². The molecule has 1 aliphatic rings. The minimum absolute atomic E-state index is 0.201. The summed E-state index contributed by atoms with van der Waals surface area (Å²) < 4.78 is 0. The van der Waals surface area contributed by atoms with Crippen LogP contribution in [0.5, 0.6) is 0 Å². The van der Waals surface area contributed by atoms with Gasteiger partial charge in [-0.25, -0.2) is 0 Å². The van der Waals surface area contributed by atoms with Crippen molar-refractivity contribution in [1.82, 2.24) is 4.90 Å². The van der Waals surface area contributed by atoms with Gasteiger partial charge in [0.05, 0.1) is 4.86 Å². The molecular weight excluding hydrogens is 236 g/mol. The molecule has 96 valence electrons. The highest BCUT2D eigenvalue weighted by Crippen LogP contribution is 2.26. The van der Waals surface area contributed by atoms with Crippen LogP contribution in [0.25, 0.3) is 0 Å². The van der Waals surface area contributed by atoms with Crippen LogP contribution in [0.1, 0.15) is 40.0 Å². The fraction of sp³-hybridized carbons (Fsp3) is 0.750. The number of carbonyl (C=O) groups is 2. The van der Waals surface area contributed by atoms with Crippen LogP contribution in [0.15, 0.2) is 0 Å². The Morgan fingerprint density at radius 3 is 2.53 bits per heavy atom. The lowest BCUT2D eigenvalue weighted by atomic mass is 9.85. The topological polar surface area (TPSA) is 63.4 Å². The van der Waals surface area contributed by atoms with Crippen molar-refractivity contribution >= 4 is 28.9 Å². The Morgan fingerprint density at radius 2 is 2.06 bits per heavy atom. The Hall–Kier alpha value is -0.970. The van der Waals surface area contributed by atoms with Crippen molar-refractivity contribution in [3.05, 3.63) is 0 Å². The van der Waals surface area contributed by atoms with Gasteiger partial charge in [-0.1, -0.05) is 33.0 Å². The zero-order valence-electron chi connectivity index (χ0n) is 10.7. The van der Waals surface area contributed by atoms with E-state index in [0.717, 1.165) is 12.8 Å². The maximum absolute atomic E-state index is 12.2. The van der Waals surface area contributed by atoms with Crippen LogP contribution in [-0.2, 0) is 9.59 Å². The van der Waals surface area contributed by atoms with E-state index < -0.39 is 11.9 Å². The van der Waals surface area contributed by atoms with Gasteiger partial charge in [0.1, 0.15) is 6.04 Å². The van der Waals surface area contributed by atoms with Gasteiger partial charge < -0.3 is 10.6 Å². The van der Waals surface area contributed by atoms with Crippen molar-refractivity contribution in [1.29, 1.82) is 0 Å². The van der Waals surface area contributed by atoms with Crippen LogP contribution in [0, 0.1) is 5.41 Å². The maximum atomic E-state index is 12.2. The quantitative estimate of drug-likeness (QED) is 0.770. The summed E-state index contributed by atoms with van der Waals surface area (Å²) in [5.74, 6) is -0.638.